The van der Waals surface area contributed by atoms with E-state index in [2.05, 4.69) is 4.98 Å². The molecule has 0 saturated carbocycles. The van der Waals surface area contributed by atoms with Gasteiger partial charge in [-0.2, -0.15) is 0 Å². The van der Waals surface area contributed by atoms with Crippen LogP contribution >= 0.6 is 0 Å². The molecule has 1 aromatic heterocycles. The van der Waals surface area contributed by atoms with Crippen LogP contribution in [-0.4, -0.2) is 64.4 Å². The van der Waals surface area contributed by atoms with E-state index in [1.54, 1.807) is 4.90 Å². The van der Waals surface area contributed by atoms with Crippen molar-refractivity contribution in [2.45, 2.75) is 13.5 Å². The Hall–Kier alpha value is -2.41. The normalized spacial score (nSPS) is 19.4. The molecule has 7 heteroatoms. The van der Waals surface area contributed by atoms with Crippen LogP contribution in [0.3, 0.4) is 0 Å². The Morgan fingerprint density at radius 2 is 2.00 bits per heavy atom. The van der Waals surface area contributed by atoms with E-state index in [-0.39, 0.29) is 24.3 Å². The number of rotatable bonds is 3. The van der Waals surface area contributed by atoms with Crippen molar-refractivity contribution in [1.29, 1.82) is 0 Å². The molecule has 1 fully saturated rings. The van der Waals surface area contributed by atoms with Crippen molar-refractivity contribution in [2.75, 3.05) is 33.2 Å². The van der Waals surface area contributed by atoms with Crippen molar-refractivity contribution in [2.24, 2.45) is 11.7 Å². The first-order chi connectivity index (χ1) is 11.5. The second-order valence-corrected chi connectivity index (χ2v) is 6.44. The minimum absolute atomic E-state index is 0.0113. The van der Waals surface area contributed by atoms with E-state index in [0.717, 1.165) is 23.4 Å². The third-order valence-electron chi connectivity index (χ3n) is 4.62. The van der Waals surface area contributed by atoms with Crippen LogP contribution in [0.4, 0.5) is 0 Å². The van der Waals surface area contributed by atoms with Crippen molar-refractivity contribution < 1.29 is 9.59 Å². The monoisotopic (exact) mass is 329 g/mol. The Morgan fingerprint density at radius 3 is 2.75 bits per heavy atom. The van der Waals surface area contributed by atoms with Crippen LogP contribution < -0.4 is 5.73 Å². The van der Waals surface area contributed by atoms with Gasteiger partial charge in [-0.25, -0.2) is 4.98 Å². The van der Waals surface area contributed by atoms with E-state index in [1.165, 1.54) is 0 Å². The molecule has 1 aliphatic heterocycles. The number of carbonyl (C=O) groups excluding carboxylic acids is 2. The fourth-order valence-corrected chi connectivity index (χ4v) is 3.21. The highest BCUT2D eigenvalue weighted by molar-refractivity contribution is 5.82. The summed E-state index contributed by atoms with van der Waals surface area (Å²) in [7, 11) is 1.94. The van der Waals surface area contributed by atoms with Crippen LogP contribution in [0.2, 0.25) is 0 Å². The van der Waals surface area contributed by atoms with E-state index in [0.29, 0.717) is 19.6 Å². The minimum Gasteiger partial charge on any atom is -0.369 e. The molecule has 0 spiro atoms. The number of likely N-dealkylation sites (N-methyl/N-ethyl adjacent to an activating group) is 1. The molecule has 3 rings (SSSR count). The molecule has 1 aromatic carbocycles. The molecule has 2 aromatic rings. The van der Waals surface area contributed by atoms with Gasteiger partial charge in [0.05, 0.1) is 17.0 Å². The molecule has 1 unspecified atom stereocenters. The smallest absolute Gasteiger partial charge is 0.242 e. The van der Waals surface area contributed by atoms with E-state index in [4.69, 9.17) is 5.73 Å². The van der Waals surface area contributed by atoms with Crippen LogP contribution in [0.15, 0.2) is 24.3 Å². The number of para-hydroxylation sites is 2. The van der Waals surface area contributed by atoms with E-state index in [1.807, 2.05) is 47.7 Å². The average molecular weight is 329 g/mol. The van der Waals surface area contributed by atoms with Gasteiger partial charge in [0.15, 0.2) is 0 Å². The van der Waals surface area contributed by atoms with Crippen LogP contribution in [0.25, 0.3) is 11.0 Å². The van der Waals surface area contributed by atoms with Crippen molar-refractivity contribution in [3.8, 4) is 0 Å². The van der Waals surface area contributed by atoms with Crippen molar-refractivity contribution in [1.82, 2.24) is 19.4 Å². The number of fused-ring (bicyclic) bond motifs is 1. The first-order valence-corrected chi connectivity index (χ1v) is 8.13. The maximum atomic E-state index is 12.8. The topological polar surface area (TPSA) is 84.5 Å². The number of benzene rings is 1. The summed E-state index contributed by atoms with van der Waals surface area (Å²) in [6, 6.07) is 7.77. The largest absolute Gasteiger partial charge is 0.369 e. The molecule has 0 aliphatic carbocycles. The van der Waals surface area contributed by atoms with Gasteiger partial charge in [0.2, 0.25) is 11.8 Å². The molecule has 7 nitrogen and oxygen atoms in total. The number of aryl methyl sites for hydroxylation is 1. The molecule has 2 amide bonds. The summed E-state index contributed by atoms with van der Waals surface area (Å²) < 4.78 is 1.92. The van der Waals surface area contributed by atoms with Gasteiger partial charge in [-0.1, -0.05) is 12.1 Å². The Morgan fingerprint density at radius 1 is 1.25 bits per heavy atom. The molecule has 24 heavy (non-hydrogen) atoms. The fourth-order valence-electron chi connectivity index (χ4n) is 3.21. The highest BCUT2D eigenvalue weighted by atomic mass is 16.2. The third kappa shape index (κ3) is 3.26. The number of hydrogen-bond donors (Lipinski definition) is 1. The first-order valence-electron chi connectivity index (χ1n) is 8.13. The average Bonchev–Trinajstić information content (AvgIpc) is 2.72. The summed E-state index contributed by atoms with van der Waals surface area (Å²) in [5.74, 6) is 0.110. The van der Waals surface area contributed by atoms with Crippen LogP contribution in [0.5, 0.6) is 0 Å². The number of aromatic nitrogens is 2. The number of hydrogen-bond acceptors (Lipinski definition) is 4. The quantitative estimate of drug-likeness (QED) is 0.873. The summed E-state index contributed by atoms with van der Waals surface area (Å²) >= 11 is 0. The summed E-state index contributed by atoms with van der Waals surface area (Å²) in [4.78, 5) is 32.7. The summed E-state index contributed by atoms with van der Waals surface area (Å²) in [6.07, 6.45) is 0. The van der Waals surface area contributed by atoms with E-state index < -0.39 is 0 Å². The number of amides is 2. The summed E-state index contributed by atoms with van der Waals surface area (Å²) in [6.45, 7) is 4.43. The maximum Gasteiger partial charge on any atom is 0.242 e. The molecule has 0 radical (unpaired) electrons. The fraction of sp³-hybridized carbons (Fsp3) is 0.471. The van der Waals surface area contributed by atoms with Crippen LogP contribution in [0.1, 0.15) is 5.82 Å². The minimum atomic E-state index is -0.356. The maximum absolute atomic E-state index is 12.8. The van der Waals surface area contributed by atoms with Gasteiger partial charge < -0.3 is 20.1 Å². The molecular formula is C17H23N5O2. The third-order valence-corrected chi connectivity index (χ3v) is 4.62. The molecule has 128 valence electrons. The van der Waals surface area contributed by atoms with Crippen LogP contribution in [0, 0.1) is 12.8 Å². The summed E-state index contributed by atoms with van der Waals surface area (Å²) in [5.41, 5.74) is 7.31. The van der Waals surface area contributed by atoms with Crippen molar-refractivity contribution >= 4 is 22.8 Å². The first kappa shape index (κ1) is 16.4. The number of nitrogens with two attached hydrogens (primary N) is 1. The lowest BCUT2D eigenvalue weighted by atomic mass is 10.1. The molecule has 2 N–H and O–H groups in total. The zero-order chi connectivity index (χ0) is 17.3. The molecule has 1 aliphatic rings. The van der Waals surface area contributed by atoms with Crippen LogP contribution in [-0.2, 0) is 16.1 Å². The van der Waals surface area contributed by atoms with Crippen molar-refractivity contribution in [3.63, 3.8) is 0 Å². The highest BCUT2D eigenvalue weighted by Gasteiger charge is 2.27. The van der Waals surface area contributed by atoms with Gasteiger partial charge in [0.25, 0.3) is 0 Å². The highest BCUT2D eigenvalue weighted by Crippen LogP contribution is 2.16. The van der Waals surface area contributed by atoms with Gasteiger partial charge in [-0.05, 0) is 26.1 Å². The number of imidazole rings is 1. The SMILES string of the molecule is Cc1nc2ccccc2n1CC(=O)N1CCN(C)CC(C(N)=O)C1. The Balaban J connectivity index is 1.80. The van der Waals surface area contributed by atoms with Gasteiger partial charge in [-0.15, -0.1) is 0 Å². The predicted molar refractivity (Wildman–Crippen MR) is 91.2 cm³/mol. The zero-order valence-corrected chi connectivity index (χ0v) is 14.1. The lowest BCUT2D eigenvalue weighted by molar-refractivity contribution is -0.133. The molecule has 0 bridgehead atoms. The Kier molecular flexibility index (Phi) is 4.53. The molecule has 1 saturated heterocycles. The summed E-state index contributed by atoms with van der Waals surface area (Å²) in [5, 5.41) is 0. The Labute approximate surface area is 141 Å². The number of carbonyl (C=O) groups is 2. The predicted octanol–water partition coefficient (Wildman–Crippen LogP) is 0.220. The van der Waals surface area contributed by atoms with Crippen molar-refractivity contribution in [3.05, 3.63) is 30.1 Å². The van der Waals surface area contributed by atoms with Gasteiger partial charge in [0.1, 0.15) is 12.4 Å². The Bertz CT molecular complexity index is 769. The standard InChI is InChI=1S/C17H23N5O2/c1-12-19-14-5-3-4-6-15(14)22(12)11-16(23)21-8-7-20(2)9-13(10-21)17(18)24/h3-6,13H,7-11H2,1-2H3,(H2,18,24). The molecule has 2 heterocycles. The van der Waals surface area contributed by atoms with Gasteiger partial charge >= 0.3 is 0 Å². The second-order valence-electron chi connectivity index (χ2n) is 6.44. The second kappa shape index (κ2) is 6.60. The van der Waals surface area contributed by atoms with Gasteiger partial charge in [0, 0.05) is 26.2 Å². The molecular weight excluding hydrogens is 306 g/mol. The lowest BCUT2D eigenvalue weighted by Gasteiger charge is -2.23. The number of nitrogens with zero attached hydrogens (tertiary/aromatic N) is 4. The molecule has 1 atom stereocenters. The zero-order valence-electron chi connectivity index (χ0n) is 14.1. The van der Waals surface area contributed by atoms with Gasteiger partial charge in [-0.3, -0.25) is 9.59 Å². The number of primary amides is 1. The van der Waals surface area contributed by atoms with E-state index >= 15 is 0 Å². The lowest BCUT2D eigenvalue weighted by Crippen LogP contribution is -2.41. The van der Waals surface area contributed by atoms with E-state index in [9.17, 15) is 9.59 Å².